The highest BCUT2D eigenvalue weighted by Gasteiger charge is 2.44. The summed E-state index contributed by atoms with van der Waals surface area (Å²) in [5, 5.41) is 66.2. The van der Waals surface area contributed by atoms with E-state index in [1.165, 1.54) is 68.1 Å². The number of benzene rings is 3. The van der Waals surface area contributed by atoms with E-state index in [4.69, 9.17) is 28.7 Å². The molecule has 2 aliphatic rings. The fraction of sp³-hybridized carbons (Fsp3) is 0.500. The number of amides is 18. The number of aromatic amines is 2. The van der Waals surface area contributed by atoms with E-state index in [0.717, 1.165) is 11.8 Å². The lowest BCUT2D eigenvalue weighted by atomic mass is 9.99. The van der Waals surface area contributed by atoms with Crippen molar-refractivity contribution in [3.05, 3.63) is 138 Å². The van der Waals surface area contributed by atoms with Gasteiger partial charge in [-0.3, -0.25) is 91.3 Å². The van der Waals surface area contributed by atoms with Gasteiger partial charge < -0.3 is 138 Å². The van der Waals surface area contributed by atoms with Crippen molar-refractivity contribution in [3.63, 3.8) is 0 Å². The number of carboxylic acids is 1. The zero-order valence-electron chi connectivity index (χ0n) is 76.8. The molecule has 0 aliphatic carbocycles. The molecule has 4 heterocycles. The molecule has 0 radical (unpaired) electrons. The number of carbonyl (C=O) groups is 19. The van der Waals surface area contributed by atoms with Gasteiger partial charge in [-0.1, -0.05) is 86.6 Å². The molecule has 2 aliphatic heterocycles. The summed E-state index contributed by atoms with van der Waals surface area (Å²) in [7, 11) is 0. The Kier molecular flexibility index (Phi) is 43.7. The molecule has 0 unspecified atom stereocenters. The molecule has 2 fully saturated rings. The minimum atomic E-state index is -1.86. The molecule has 18 amide bonds. The van der Waals surface area contributed by atoms with E-state index >= 15 is 4.79 Å². The van der Waals surface area contributed by atoms with Crippen molar-refractivity contribution >= 4 is 144 Å². The van der Waals surface area contributed by atoms with Crippen LogP contribution in [-0.4, -0.2) is 304 Å². The van der Waals surface area contributed by atoms with Crippen molar-refractivity contribution in [3.8, 4) is 5.75 Å². The number of phenolic OH excluding ortho intramolecular Hbond substituents is 1. The molecule has 3 aromatic carbocycles. The van der Waals surface area contributed by atoms with E-state index in [2.05, 4.69) is 125 Å². The number of hydrogen-bond donors (Lipinski definition) is 26. The normalized spacial score (nSPS) is 16.2. The number of aliphatic imine (C=N–C) groups is 1. The topological polar surface area (TPSA) is 760 Å². The number of aliphatic hydroxyl groups excluding tert-OH is 1. The molecule has 0 saturated carbocycles. The Bertz CT molecular complexity index is 5070. The second kappa shape index (κ2) is 54.4. The number of H-pyrrole nitrogens is 2. The number of guanidine groups is 1. The molecule has 5 aromatic rings. The molecule has 2 aromatic heterocycles. The Labute approximate surface area is 804 Å². The van der Waals surface area contributed by atoms with Gasteiger partial charge in [-0.15, -0.1) is 0 Å². The summed E-state index contributed by atoms with van der Waals surface area (Å²) in [6.07, 6.45) is 1.96. The van der Waals surface area contributed by atoms with Crippen LogP contribution in [0.4, 0.5) is 0 Å². The Hall–Kier alpha value is -14.3. The van der Waals surface area contributed by atoms with Crippen LogP contribution in [0.25, 0.3) is 0 Å². The average Bonchev–Trinajstić information content (AvgIpc) is 1.63. The number of thiol groups is 2. The van der Waals surface area contributed by atoms with Crippen molar-refractivity contribution in [1.29, 1.82) is 0 Å². The molecule has 0 spiro atoms. The number of likely N-dealkylation sites (tertiary alicyclic amines) is 2. The third-order valence-corrected chi connectivity index (χ3v) is 22.8. The molecular formula is C88H124N26O22S2. The highest BCUT2D eigenvalue weighted by atomic mass is 32.1. The van der Waals surface area contributed by atoms with Gasteiger partial charge in [0.05, 0.1) is 50.9 Å². The monoisotopic (exact) mass is 1960 g/mol. The SMILES string of the molecule is CC(C)C[C@H](NC(=O)[C@@H](Cc1cnc[nH]1)NC(=O)CNC(=O)[C@H](Cc1ccccc1)NC(=O)[C@H](Cc1cnc[nH]1)NC(=O)CNC(=O)[C@@H](NC(=O)[C@@H](NC(=O)[C@H](Cc1ccccc1)NC(=O)[C@H](CCCN=C(N)N)NC(=O)[C@@H](N)CCC(N)=O)C(C)(C)S)[C@@H](C)O)C(=O)N[C@@H](Cc1ccc(O)cc1)C(=O)N1CCC[C@H]1C(=O)N[C@@H](CS)C(=O)N[C@@H](CC(N)=O)C(=O)NCC(=O)N1CCC[C@H]1C(=O)O. The summed E-state index contributed by atoms with van der Waals surface area (Å²) >= 11 is 8.86. The van der Waals surface area contributed by atoms with Gasteiger partial charge in [0.25, 0.3) is 0 Å². The lowest BCUT2D eigenvalue weighted by Gasteiger charge is -2.33. The van der Waals surface area contributed by atoms with Gasteiger partial charge in [-0.2, -0.15) is 25.3 Å². The molecule has 138 heavy (non-hydrogen) atoms. The highest BCUT2D eigenvalue weighted by Crippen LogP contribution is 2.24. The fourth-order valence-electron chi connectivity index (χ4n) is 15.0. The third kappa shape index (κ3) is 36.4. The van der Waals surface area contributed by atoms with Crippen LogP contribution in [0.3, 0.4) is 0 Å². The maximum atomic E-state index is 15.1. The number of nitrogens with two attached hydrogens (primary N) is 5. The first-order valence-corrected chi connectivity index (χ1v) is 45.6. The van der Waals surface area contributed by atoms with Gasteiger partial charge in [0.1, 0.15) is 84.3 Å². The van der Waals surface area contributed by atoms with Crippen molar-refractivity contribution in [2.24, 2.45) is 39.6 Å². The first kappa shape index (κ1) is 111. The predicted molar refractivity (Wildman–Crippen MR) is 502 cm³/mol. The van der Waals surface area contributed by atoms with Crippen LogP contribution in [0.5, 0.6) is 5.75 Å². The zero-order valence-corrected chi connectivity index (χ0v) is 78.6. The Balaban J connectivity index is 1.02. The molecule has 750 valence electrons. The average molecular weight is 1960 g/mol. The van der Waals surface area contributed by atoms with Gasteiger partial charge >= 0.3 is 5.97 Å². The molecule has 0 bridgehead atoms. The number of aliphatic hydroxyl groups is 1. The smallest absolute Gasteiger partial charge is 0.326 e. The summed E-state index contributed by atoms with van der Waals surface area (Å²) < 4.78 is -1.49. The Morgan fingerprint density at radius 1 is 0.500 bits per heavy atom. The number of phenols is 1. The number of carbonyl (C=O) groups excluding carboxylic acids is 18. The Morgan fingerprint density at radius 2 is 0.957 bits per heavy atom. The number of imidazole rings is 2. The number of hydrogen-bond acceptors (Lipinski definition) is 27. The number of primary amides is 2. The van der Waals surface area contributed by atoms with Crippen molar-refractivity contribution in [2.45, 2.75) is 226 Å². The minimum Gasteiger partial charge on any atom is -0.508 e. The van der Waals surface area contributed by atoms with Crippen LogP contribution in [0.1, 0.15) is 127 Å². The van der Waals surface area contributed by atoms with Crippen LogP contribution in [0.2, 0.25) is 0 Å². The van der Waals surface area contributed by atoms with E-state index in [1.807, 2.05) is 0 Å². The fourth-order valence-corrected chi connectivity index (χ4v) is 15.4. The van der Waals surface area contributed by atoms with E-state index in [0.29, 0.717) is 28.8 Å². The molecule has 15 atom stereocenters. The molecule has 50 heteroatoms. The second-order valence-corrected chi connectivity index (χ2v) is 35.8. The van der Waals surface area contributed by atoms with E-state index in [9.17, 15) is 102 Å². The molecule has 29 N–H and O–H groups in total. The standard InChI is InChI=1S/C88H124N26O22S2/c1-46(2)31-56(77(126)109-62(34-50-22-24-53(116)25-23-50)85(134)114-30-13-20-64(114)82(131)110-63(43-137)81(130)108-61(37-67(91)118)75(124)99-42-70(121)113-29-14-21-65(113)86(135)136)105-78(127)59(35-51-38-94-44-100-51)102-68(119)40-97-74(123)57(32-48-15-8-6-9-16-48)106-79(128)60(36-52-39-95-45-101-52)103-69(120)41-98-83(132)71(47(3)115)111-84(133)72(88(4,5)138)112-80(129)58(33-49-17-10-7-11-18-49)107-76(125)55(19-12-28-96-87(92)93)104-73(122)54(89)26-27-66(90)117/h6-11,15-18,22-25,38-39,44-47,54-65,71-72,115-116,137-138H,12-14,19-21,26-37,40-43,89H2,1-5H3,(H2,90,117)(H2,91,118)(H,94,100)(H,95,101)(H,97,123)(H,98,132)(H,99,124)(H,102,119)(H,103,120)(H,104,122)(H,105,127)(H,106,128)(H,107,125)(H,108,130)(H,109,126)(H,110,131)(H,111,133)(H,112,129)(H,135,136)(H4,92,93,96)/t47-,54+,55+,56+,57+,58+,59-,60+,61+,62+,63+,64+,65+,71+,72-/m1/s1. The van der Waals surface area contributed by atoms with Crippen molar-refractivity contribution < 1.29 is 106 Å². The van der Waals surface area contributed by atoms with Crippen LogP contribution in [-0.2, 0) is 123 Å². The molecular weight excluding hydrogens is 1840 g/mol. The number of nitrogens with one attached hydrogen (secondary N) is 16. The summed E-state index contributed by atoms with van der Waals surface area (Å²) in [6.45, 7) is 5.12. The number of rotatable bonds is 55. The first-order valence-electron chi connectivity index (χ1n) is 44.6. The van der Waals surface area contributed by atoms with E-state index < -0.39 is 240 Å². The summed E-state index contributed by atoms with van der Waals surface area (Å²) in [4.78, 5) is 283. The molecule has 48 nitrogen and oxygen atoms in total. The van der Waals surface area contributed by atoms with Gasteiger partial charge in [0.2, 0.25) is 106 Å². The van der Waals surface area contributed by atoms with Crippen molar-refractivity contribution in [1.82, 2.24) is 104 Å². The lowest BCUT2D eigenvalue weighted by molar-refractivity contribution is -0.148. The van der Waals surface area contributed by atoms with E-state index in [-0.39, 0.29) is 126 Å². The van der Waals surface area contributed by atoms with Crippen LogP contribution < -0.4 is 103 Å². The van der Waals surface area contributed by atoms with Crippen molar-refractivity contribution in [2.75, 3.05) is 45.0 Å². The number of aromatic nitrogens is 4. The number of aromatic hydroxyl groups is 1. The summed E-state index contributed by atoms with van der Waals surface area (Å²) in [5.41, 5.74) is 29.8. The summed E-state index contributed by atoms with van der Waals surface area (Å²) in [5.74, 6) is -19.3. The van der Waals surface area contributed by atoms with Crippen LogP contribution in [0, 0.1) is 5.92 Å². The van der Waals surface area contributed by atoms with Crippen LogP contribution >= 0.6 is 25.3 Å². The number of aliphatic carboxylic acids is 1. The number of carboxylic acid groups (broad SMARTS) is 1. The van der Waals surface area contributed by atoms with Gasteiger partial charge in [0, 0.05) is 92.4 Å². The number of nitrogens with zero attached hydrogens (tertiary/aromatic N) is 5. The maximum absolute atomic E-state index is 15.1. The zero-order chi connectivity index (χ0) is 102. The quantitative estimate of drug-likeness (QED) is 0.00744. The predicted octanol–water partition coefficient (Wildman–Crippen LogP) is -7.31. The largest absolute Gasteiger partial charge is 0.508 e. The lowest BCUT2D eigenvalue weighted by Crippen LogP contribution is -2.64. The molecule has 7 rings (SSSR count). The third-order valence-electron chi connectivity index (χ3n) is 22.2. The highest BCUT2D eigenvalue weighted by molar-refractivity contribution is 7.81. The van der Waals surface area contributed by atoms with Gasteiger partial charge in [-0.25, -0.2) is 14.8 Å². The van der Waals surface area contributed by atoms with Gasteiger partial charge in [0.15, 0.2) is 5.96 Å². The molecule has 2 saturated heterocycles. The van der Waals surface area contributed by atoms with Gasteiger partial charge in [-0.05, 0) is 107 Å². The first-order chi connectivity index (χ1) is 65.4. The van der Waals surface area contributed by atoms with Crippen LogP contribution in [0.15, 0.2) is 115 Å². The summed E-state index contributed by atoms with van der Waals surface area (Å²) in [6, 6.07) is 1.37. The maximum Gasteiger partial charge on any atom is 0.326 e. The minimum absolute atomic E-state index is 0.0256. The second-order valence-electron chi connectivity index (χ2n) is 34.3. The van der Waals surface area contributed by atoms with E-state index in [1.54, 1.807) is 74.5 Å². The Morgan fingerprint density at radius 3 is 1.46 bits per heavy atom.